The van der Waals surface area contributed by atoms with E-state index >= 15 is 0 Å². The smallest absolute Gasteiger partial charge is 0.340 e. The SMILES string of the molecule is O=C(O[C@@H]1O[C@H](CO)[C@H](O)[C@H]1O)c1ccccc1. The van der Waals surface area contributed by atoms with Crippen molar-refractivity contribution in [3.8, 4) is 0 Å². The minimum Gasteiger partial charge on any atom is -0.429 e. The Morgan fingerprint density at radius 2 is 1.89 bits per heavy atom. The summed E-state index contributed by atoms with van der Waals surface area (Å²) in [7, 11) is 0. The van der Waals surface area contributed by atoms with Gasteiger partial charge in [0.25, 0.3) is 0 Å². The normalized spacial score (nSPS) is 31.3. The summed E-state index contributed by atoms with van der Waals surface area (Å²) < 4.78 is 9.96. The number of hydrogen-bond donors (Lipinski definition) is 3. The Hall–Kier alpha value is -1.47. The van der Waals surface area contributed by atoms with E-state index in [1.165, 1.54) is 0 Å². The third-order valence-electron chi connectivity index (χ3n) is 2.73. The fourth-order valence-corrected chi connectivity index (χ4v) is 1.71. The minimum absolute atomic E-state index is 0.315. The summed E-state index contributed by atoms with van der Waals surface area (Å²) in [6, 6.07) is 8.22. The van der Waals surface area contributed by atoms with E-state index in [0.29, 0.717) is 5.56 Å². The highest BCUT2D eigenvalue weighted by Crippen LogP contribution is 2.22. The van der Waals surface area contributed by atoms with E-state index in [1.807, 2.05) is 0 Å². The number of ether oxygens (including phenoxy) is 2. The number of benzene rings is 1. The molecule has 0 amide bonds. The number of carbonyl (C=O) groups excluding carboxylic acids is 1. The second-order valence-corrected chi connectivity index (χ2v) is 3.98. The molecule has 1 fully saturated rings. The van der Waals surface area contributed by atoms with Gasteiger partial charge in [-0.05, 0) is 12.1 Å². The van der Waals surface area contributed by atoms with Crippen LogP contribution in [-0.2, 0) is 9.47 Å². The molecule has 0 aliphatic carbocycles. The molecule has 1 saturated heterocycles. The summed E-state index contributed by atoms with van der Waals surface area (Å²) in [6.45, 7) is -0.461. The molecular weight excluding hydrogens is 240 g/mol. The van der Waals surface area contributed by atoms with Gasteiger partial charge in [0.1, 0.15) is 18.3 Å². The second-order valence-electron chi connectivity index (χ2n) is 3.98. The molecule has 1 aromatic carbocycles. The van der Waals surface area contributed by atoms with Crippen LogP contribution in [0.1, 0.15) is 10.4 Å². The van der Waals surface area contributed by atoms with Crippen molar-refractivity contribution in [1.82, 2.24) is 0 Å². The largest absolute Gasteiger partial charge is 0.429 e. The van der Waals surface area contributed by atoms with Crippen LogP contribution >= 0.6 is 0 Å². The Morgan fingerprint density at radius 3 is 2.44 bits per heavy atom. The first-order chi connectivity index (χ1) is 8.63. The highest BCUT2D eigenvalue weighted by Gasteiger charge is 2.44. The van der Waals surface area contributed by atoms with E-state index in [0.717, 1.165) is 0 Å². The Morgan fingerprint density at radius 1 is 1.22 bits per heavy atom. The van der Waals surface area contributed by atoms with E-state index < -0.39 is 37.2 Å². The fourth-order valence-electron chi connectivity index (χ4n) is 1.71. The van der Waals surface area contributed by atoms with Crippen LogP contribution in [-0.4, -0.2) is 52.5 Å². The first-order valence-electron chi connectivity index (χ1n) is 5.52. The average Bonchev–Trinajstić information content (AvgIpc) is 2.67. The van der Waals surface area contributed by atoms with Crippen molar-refractivity contribution in [3.63, 3.8) is 0 Å². The van der Waals surface area contributed by atoms with Crippen molar-refractivity contribution >= 4 is 5.97 Å². The highest BCUT2D eigenvalue weighted by molar-refractivity contribution is 5.89. The van der Waals surface area contributed by atoms with Gasteiger partial charge in [-0.2, -0.15) is 0 Å². The van der Waals surface area contributed by atoms with Gasteiger partial charge < -0.3 is 24.8 Å². The van der Waals surface area contributed by atoms with Gasteiger partial charge in [-0.15, -0.1) is 0 Å². The van der Waals surface area contributed by atoms with Crippen molar-refractivity contribution in [2.75, 3.05) is 6.61 Å². The Bertz CT molecular complexity index is 406. The zero-order chi connectivity index (χ0) is 13.1. The number of aliphatic hydroxyl groups excluding tert-OH is 3. The van der Waals surface area contributed by atoms with Crippen LogP contribution in [0.15, 0.2) is 30.3 Å². The highest BCUT2D eigenvalue weighted by atomic mass is 16.7. The molecule has 1 aromatic rings. The third-order valence-corrected chi connectivity index (χ3v) is 2.73. The van der Waals surface area contributed by atoms with Crippen molar-refractivity contribution in [3.05, 3.63) is 35.9 Å². The number of rotatable bonds is 3. The lowest BCUT2D eigenvalue weighted by molar-refractivity contribution is -0.139. The standard InChI is InChI=1S/C12H14O6/c13-6-8-9(14)10(15)12(17-8)18-11(16)7-4-2-1-3-5-7/h1-5,8-10,12-15H,6H2/t8-,9+,10-,12+/m1/s1. The van der Waals surface area contributed by atoms with E-state index in [9.17, 15) is 15.0 Å². The molecule has 0 unspecified atom stereocenters. The van der Waals surface area contributed by atoms with Gasteiger partial charge in [-0.1, -0.05) is 18.2 Å². The Kier molecular flexibility index (Phi) is 3.93. The van der Waals surface area contributed by atoms with Crippen molar-refractivity contribution in [2.24, 2.45) is 0 Å². The topological polar surface area (TPSA) is 96.2 Å². The number of hydrogen-bond acceptors (Lipinski definition) is 6. The van der Waals surface area contributed by atoms with E-state index in [-0.39, 0.29) is 0 Å². The van der Waals surface area contributed by atoms with Crippen LogP contribution in [0.2, 0.25) is 0 Å². The van der Waals surface area contributed by atoms with Crippen LogP contribution in [0.3, 0.4) is 0 Å². The van der Waals surface area contributed by atoms with Crippen LogP contribution in [0.25, 0.3) is 0 Å². The van der Waals surface area contributed by atoms with E-state index in [4.69, 9.17) is 14.6 Å². The van der Waals surface area contributed by atoms with Crippen LogP contribution in [0.4, 0.5) is 0 Å². The molecule has 0 bridgehead atoms. The molecule has 6 nitrogen and oxygen atoms in total. The summed E-state index contributed by atoms with van der Waals surface area (Å²) in [5.74, 6) is -0.662. The van der Waals surface area contributed by atoms with Crippen LogP contribution < -0.4 is 0 Å². The second kappa shape index (κ2) is 5.45. The maximum Gasteiger partial charge on any atom is 0.340 e. The summed E-state index contributed by atoms with van der Waals surface area (Å²) in [5, 5.41) is 28.0. The Balaban J connectivity index is 2.00. The summed E-state index contributed by atoms with van der Waals surface area (Å²) in [6.07, 6.45) is -4.86. The molecule has 98 valence electrons. The maximum absolute atomic E-state index is 11.7. The lowest BCUT2D eigenvalue weighted by Gasteiger charge is -2.15. The molecule has 18 heavy (non-hydrogen) atoms. The molecule has 1 aliphatic heterocycles. The predicted molar refractivity (Wildman–Crippen MR) is 59.6 cm³/mol. The van der Waals surface area contributed by atoms with Gasteiger partial charge in [0, 0.05) is 0 Å². The molecule has 1 heterocycles. The number of aliphatic hydroxyl groups is 3. The molecule has 4 atom stereocenters. The molecule has 3 N–H and O–H groups in total. The van der Waals surface area contributed by atoms with Gasteiger partial charge in [-0.25, -0.2) is 4.79 Å². The van der Waals surface area contributed by atoms with Crippen molar-refractivity contribution in [1.29, 1.82) is 0 Å². The van der Waals surface area contributed by atoms with Gasteiger partial charge in [0.15, 0.2) is 0 Å². The van der Waals surface area contributed by atoms with Gasteiger partial charge >= 0.3 is 5.97 Å². The van der Waals surface area contributed by atoms with Crippen LogP contribution in [0, 0.1) is 0 Å². The maximum atomic E-state index is 11.7. The third kappa shape index (κ3) is 2.51. The first kappa shape index (κ1) is 13.0. The van der Waals surface area contributed by atoms with Crippen molar-refractivity contribution < 1.29 is 29.6 Å². The van der Waals surface area contributed by atoms with Crippen molar-refractivity contribution in [2.45, 2.75) is 24.6 Å². The zero-order valence-corrected chi connectivity index (χ0v) is 9.47. The quantitative estimate of drug-likeness (QED) is 0.616. The summed E-state index contributed by atoms with van der Waals surface area (Å²) in [4.78, 5) is 11.7. The monoisotopic (exact) mass is 254 g/mol. The molecule has 0 saturated carbocycles. The minimum atomic E-state index is -1.37. The van der Waals surface area contributed by atoms with E-state index in [2.05, 4.69) is 0 Å². The molecule has 1 aliphatic rings. The molecular formula is C12H14O6. The molecule has 6 heteroatoms. The number of esters is 1. The lowest BCUT2D eigenvalue weighted by atomic mass is 10.1. The first-order valence-corrected chi connectivity index (χ1v) is 5.52. The Labute approximate surface area is 103 Å². The average molecular weight is 254 g/mol. The van der Waals surface area contributed by atoms with Gasteiger partial charge in [-0.3, -0.25) is 0 Å². The number of carbonyl (C=O) groups is 1. The summed E-state index contributed by atoms with van der Waals surface area (Å²) >= 11 is 0. The zero-order valence-electron chi connectivity index (χ0n) is 9.47. The summed E-state index contributed by atoms with van der Waals surface area (Å²) in [5.41, 5.74) is 0.315. The van der Waals surface area contributed by atoms with Gasteiger partial charge in [0.2, 0.25) is 6.29 Å². The molecule has 0 radical (unpaired) electrons. The van der Waals surface area contributed by atoms with E-state index in [1.54, 1.807) is 30.3 Å². The molecule has 0 aromatic heterocycles. The molecule has 0 spiro atoms. The fraction of sp³-hybridized carbons (Fsp3) is 0.417. The molecule has 2 rings (SSSR count). The van der Waals surface area contributed by atoms with Gasteiger partial charge in [0.05, 0.1) is 12.2 Å². The predicted octanol–water partition coefficient (Wildman–Crippen LogP) is -0.718. The van der Waals surface area contributed by atoms with Crippen LogP contribution in [0.5, 0.6) is 0 Å². The lowest BCUT2D eigenvalue weighted by Crippen LogP contribution is -2.35.